The normalized spacial score (nSPS) is 19.1. The van der Waals surface area contributed by atoms with Crippen LogP contribution in [0.25, 0.3) is 0 Å². The van der Waals surface area contributed by atoms with E-state index in [1.807, 2.05) is 18.5 Å². The second-order valence-corrected chi connectivity index (χ2v) is 7.27. The standard InChI is InChI=1S/C17H24N4S/c1-14-13-22-17(19-14)12-21-7-5-16(11-21)10-20(2)9-15-4-3-6-18-8-15/h3-4,6,8,13,16H,5,7,9-12H2,1-2H3/t16-/m1/s1. The van der Waals surface area contributed by atoms with E-state index in [4.69, 9.17) is 0 Å². The van der Waals surface area contributed by atoms with Crippen molar-refractivity contribution in [3.8, 4) is 0 Å². The Morgan fingerprint density at radius 2 is 2.36 bits per heavy atom. The van der Waals surface area contributed by atoms with E-state index in [2.05, 4.69) is 45.2 Å². The fourth-order valence-corrected chi connectivity index (χ4v) is 3.99. The molecule has 0 unspecified atom stereocenters. The van der Waals surface area contributed by atoms with Gasteiger partial charge in [-0.05, 0) is 44.5 Å². The average molecular weight is 316 g/mol. The predicted molar refractivity (Wildman–Crippen MR) is 90.8 cm³/mol. The van der Waals surface area contributed by atoms with Gasteiger partial charge in [-0.2, -0.15) is 0 Å². The molecule has 1 fully saturated rings. The summed E-state index contributed by atoms with van der Waals surface area (Å²) in [7, 11) is 2.21. The summed E-state index contributed by atoms with van der Waals surface area (Å²) in [5.41, 5.74) is 2.44. The molecule has 3 heterocycles. The molecule has 1 saturated heterocycles. The fraction of sp³-hybridized carbons (Fsp3) is 0.529. The summed E-state index contributed by atoms with van der Waals surface area (Å²) < 4.78 is 0. The molecule has 0 spiro atoms. The number of aromatic nitrogens is 2. The third kappa shape index (κ3) is 4.35. The first-order valence-electron chi connectivity index (χ1n) is 7.90. The van der Waals surface area contributed by atoms with Crippen molar-refractivity contribution in [2.75, 3.05) is 26.7 Å². The zero-order valence-electron chi connectivity index (χ0n) is 13.4. The smallest absolute Gasteiger partial charge is 0.107 e. The Morgan fingerprint density at radius 1 is 1.45 bits per heavy atom. The van der Waals surface area contributed by atoms with Crippen molar-refractivity contribution in [3.05, 3.63) is 46.2 Å². The van der Waals surface area contributed by atoms with Gasteiger partial charge in [-0.1, -0.05) is 6.07 Å². The summed E-state index contributed by atoms with van der Waals surface area (Å²) >= 11 is 1.78. The molecule has 1 atom stereocenters. The van der Waals surface area contributed by atoms with Crippen LogP contribution in [-0.2, 0) is 13.1 Å². The number of nitrogens with zero attached hydrogens (tertiary/aromatic N) is 4. The monoisotopic (exact) mass is 316 g/mol. The third-order valence-corrected chi connectivity index (χ3v) is 5.09. The largest absolute Gasteiger partial charge is 0.302 e. The van der Waals surface area contributed by atoms with E-state index in [1.165, 1.54) is 30.1 Å². The van der Waals surface area contributed by atoms with Gasteiger partial charge in [0, 0.05) is 43.1 Å². The molecule has 0 aromatic carbocycles. The molecule has 4 nitrogen and oxygen atoms in total. The SMILES string of the molecule is Cc1csc(CN2CC[C@H](CN(C)Cc3cccnc3)C2)n1. The van der Waals surface area contributed by atoms with Crippen molar-refractivity contribution in [1.82, 2.24) is 19.8 Å². The first-order valence-corrected chi connectivity index (χ1v) is 8.78. The Morgan fingerprint density at radius 3 is 3.09 bits per heavy atom. The first kappa shape index (κ1) is 15.6. The molecule has 1 aliphatic rings. The van der Waals surface area contributed by atoms with Crippen LogP contribution in [0, 0.1) is 12.8 Å². The molecule has 5 heteroatoms. The molecule has 0 bridgehead atoms. The van der Waals surface area contributed by atoms with Crippen LogP contribution in [0.15, 0.2) is 29.9 Å². The second-order valence-electron chi connectivity index (χ2n) is 6.33. The predicted octanol–water partition coefficient (Wildman–Crippen LogP) is 2.80. The molecule has 22 heavy (non-hydrogen) atoms. The van der Waals surface area contributed by atoms with Crippen LogP contribution < -0.4 is 0 Å². The number of likely N-dealkylation sites (tertiary alicyclic amines) is 1. The van der Waals surface area contributed by atoms with Crippen molar-refractivity contribution in [2.45, 2.75) is 26.4 Å². The Hall–Kier alpha value is -1.30. The summed E-state index contributed by atoms with van der Waals surface area (Å²) in [6, 6.07) is 4.16. The molecular weight excluding hydrogens is 292 g/mol. The topological polar surface area (TPSA) is 32.3 Å². The van der Waals surface area contributed by atoms with Crippen LogP contribution in [0.1, 0.15) is 22.7 Å². The maximum absolute atomic E-state index is 4.58. The maximum atomic E-state index is 4.58. The summed E-state index contributed by atoms with van der Waals surface area (Å²) in [6.07, 6.45) is 5.09. The van der Waals surface area contributed by atoms with Gasteiger partial charge in [0.15, 0.2) is 0 Å². The van der Waals surface area contributed by atoms with Gasteiger partial charge in [0.1, 0.15) is 5.01 Å². The molecule has 118 valence electrons. The molecule has 2 aromatic rings. The van der Waals surface area contributed by atoms with Crippen LogP contribution in [0.5, 0.6) is 0 Å². The number of thiazole rings is 1. The van der Waals surface area contributed by atoms with Crippen LogP contribution >= 0.6 is 11.3 Å². The number of aryl methyl sites for hydroxylation is 1. The highest BCUT2D eigenvalue weighted by Crippen LogP contribution is 2.21. The zero-order valence-corrected chi connectivity index (χ0v) is 14.2. The summed E-state index contributed by atoms with van der Waals surface area (Å²) in [4.78, 5) is 13.7. The van der Waals surface area contributed by atoms with Crippen molar-refractivity contribution in [2.24, 2.45) is 5.92 Å². The summed E-state index contributed by atoms with van der Waals surface area (Å²) in [6.45, 7) is 7.61. The number of pyridine rings is 1. The minimum Gasteiger partial charge on any atom is -0.302 e. The molecule has 0 N–H and O–H groups in total. The Bertz CT molecular complexity index is 583. The Kier molecular flexibility index (Phi) is 5.18. The molecule has 2 aromatic heterocycles. The Balaban J connectivity index is 1.44. The van der Waals surface area contributed by atoms with Crippen LogP contribution in [-0.4, -0.2) is 46.4 Å². The third-order valence-electron chi connectivity index (χ3n) is 4.14. The van der Waals surface area contributed by atoms with Crippen LogP contribution in [0.2, 0.25) is 0 Å². The average Bonchev–Trinajstić information content (AvgIpc) is 3.09. The van der Waals surface area contributed by atoms with Gasteiger partial charge < -0.3 is 4.90 Å². The molecule has 3 rings (SSSR count). The maximum Gasteiger partial charge on any atom is 0.107 e. The number of hydrogen-bond acceptors (Lipinski definition) is 5. The number of rotatable bonds is 6. The summed E-state index contributed by atoms with van der Waals surface area (Å²) in [5, 5.41) is 3.40. The van der Waals surface area contributed by atoms with Gasteiger partial charge >= 0.3 is 0 Å². The zero-order chi connectivity index (χ0) is 15.4. The van der Waals surface area contributed by atoms with Gasteiger partial charge in [0.05, 0.1) is 6.54 Å². The highest BCUT2D eigenvalue weighted by molar-refractivity contribution is 7.09. The first-order chi connectivity index (χ1) is 10.7. The van der Waals surface area contributed by atoms with Crippen molar-refractivity contribution < 1.29 is 0 Å². The van der Waals surface area contributed by atoms with Gasteiger partial charge in [-0.15, -0.1) is 11.3 Å². The minimum absolute atomic E-state index is 0.766. The molecular formula is C17H24N4S. The Labute approximate surface area is 136 Å². The van der Waals surface area contributed by atoms with Crippen LogP contribution in [0.3, 0.4) is 0 Å². The van der Waals surface area contributed by atoms with E-state index in [9.17, 15) is 0 Å². The highest BCUT2D eigenvalue weighted by atomic mass is 32.1. The van der Waals surface area contributed by atoms with Crippen molar-refractivity contribution in [1.29, 1.82) is 0 Å². The van der Waals surface area contributed by atoms with E-state index >= 15 is 0 Å². The number of hydrogen-bond donors (Lipinski definition) is 0. The van der Waals surface area contributed by atoms with E-state index in [-0.39, 0.29) is 0 Å². The van der Waals surface area contributed by atoms with E-state index in [0.29, 0.717) is 0 Å². The van der Waals surface area contributed by atoms with Gasteiger partial charge in [0.2, 0.25) is 0 Å². The lowest BCUT2D eigenvalue weighted by atomic mass is 10.1. The molecule has 0 radical (unpaired) electrons. The second kappa shape index (κ2) is 7.31. The fourth-order valence-electron chi connectivity index (χ4n) is 3.18. The van der Waals surface area contributed by atoms with E-state index in [0.717, 1.165) is 31.2 Å². The molecule has 0 aliphatic carbocycles. The summed E-state index contributed by atoms with van der Waals surface area (Å²) in [5.74, 6) is 0.766. The lowest BCUT2D eigenvalue weighted by molar-refractivity contribution is 0.254. The van der Waals surface area contributed by atoms with Gasteiger partial charge in [-0.3, -0.25) is 9.88 Å². The van der Waals surface area contributed by atoms with Crippen molar-refractivity contribution >= 4 is 11.3 Å². The molecule has 0 saturated carbocycles. The molecule has 1 aliphatic heterocycles. The highest BCUT2D eigenvalue weighted by Gasteiger charge is 2.24. The van der Waals surface area contributed by atoms with E-state index in [1.54, 1.807) is 11.3 Å². The lowest BCUT2D eigenvalue weighted by Crippen LogP contribution is -2.28. The quantitative estimate of drug-likeness (QED) is 0.820. The van der Waals surface area contributed by atoms with Crippen molar-refractivity contribution in [3.63, 3.8) is 0 Å². The minimum atomic E-state index is 0.766. The van der Waals surface area contributed by atoms with Gasteiger partial charge in [-0.25, -0.2) is 4.98 Å². The van der Waals surface area contributed by atoms with Gasteiger partial charge in [0.25, 0.3) is 0 Å². The lowest BCUT2D eigenvalue weighted by Gasteiger charge is -2.21. The van der Waals surface area contributed by atoms with E-state index < -0.39 is 0 Å². The molecule has 0 amide bonds. The van der Waals surface area contributed by atoms with Crippen LogP contribution in [0.4, 0.5) is 0 Å².